The highest BCUT2D eigenvalue weighted by Gasteiger charge is 2.25. The summed E-state index contributed by atoms with van der Waals surface area (Å²) in [5.41, 5.74) is 0.505. The molecule has 76 valence electrons. The molecule has 2 atom stereocenters. The molecule has 14 heavy (non-hydrogen) atoms. The van der Waals surface area contributed by atoms with Crippen molar-refractivity contribution in [3.63, 3.8) is 0 Å². The van der Waals surface area contributed by atoms with Gasteiger partial charge in [-0.25, -0.2) is 4.39 Å². The highest BCUT2D eigenvalue weighted by atomic mass is 19.1. The lowest BCUT2D eigenvalue weighted by Gasteiger charge is -2.14. The molecule has 0 saturated carbocycles. The lowest BCUT2D eigenvalue weighted by Crippen LogP contribution is -2.18. The third-order valence-electron chi connectivity index (χ3n) is 2.13. The number of hydrogen-bond donors (Lipinski definition) is 0. The summed E-state index contributed by atoms with van der Waals surface area (Å²) in [6.07, 6.45) is -1.30. The Balaban J connectivity index is 2.75. The van der Waals surface area contributed by atoms with E-state index in [1.165, 1.54) is 14.0 Å². The van der Waals surface area contributed by atoms with Crippen LogP contribution in [0.3, 0.4) is 0 Å². The van der Waals surface area contributed by atoms with Gasteiger partial charge in [0.2, 0.25) is 0 Å². The fourth-order valence-corrected chi connectivity index (χ4v) is 1.23. The molecule has 0 fully saturated rings. The van der Waals surface area contributed by atoms with Gasteiger partial charge in [0, 0.05) is 0 Å². The maximum Gasteiger partial charge on any atom is 0.311 e. The number of rotatable bonds is 3. The van der Waals surface area contributed by atoms with Crippen LogP contribution < -0.4 is 0 Å². The van der Waals surface area contributed by atoms with E-state index >= 15 is 0 Å². The van der Waals surface area contributed by atoms with Crippen LogP contribution in [0.4, 0.5) is 4.39 Å². The van der Waals surface area contributed by atoms with Crippen molar-refractivity contribution in [2.24, 2.45) is 5.92 Å². The van der Waals surface area contributed by atoms with Gasteiger partial charge in [-0.05, 0) is 12.5 Å². The molecule has 0 amide bonds. The summed E-state index contributed by atoms with van der Waals surface area (Å²) in [5.74, 6) is -1.29. The first kappa shape index (κ1) is 10.7. The van der Waals surface area contributed by atoms with Crippen LogP contribution in [-0.2, 0) is 9.53 Å². The Bertz CT molecular complexity index is 297. The van der Waals surface area contributed by atoms with Gasteiger partial charge in [0.05, 0.1) is 13.0 Å². The van der Waals surface area contributed by atoms with E-state index in [0.29, 0.717) is 5.56 Å². The molecule has 0 radical (unpaired) electrons. The van der Waals surface area contributed by atoms with Crippen LogP contribution in [-0.4, -0.2) is 13.1 Å². The van der Waals surface area contributed by atoms with Gasteiger partial charge in [-0.3, -0.25) is 4.79 Å². The summed E-state index contributed by atoms with van der Waals surface area (Å²) >= 11 is 0. The van der Waals surface area contributed by atoms with Crippen molar-refractivity contribution < 1.29 is 13.9 Å². The van der Waals surface area contributed by atoms with E-state index in [-0.39, 0.29) is 0 Å². The zero-order valence-corrected chi connectivity index (χ0v) is 8.24. The zero-order valence-electron chi connectivity index (χ0n) is 8.24. The molecule has 0 aromatic heterocycles. The lowest BCUT2D eigenvalue weighted by molar-refractivity contribution is -0.147. The zero-order chi connectivity index (χ0) is 10.6. The third kappa shape index (κ3) is 2.31. The summed E-state index contributed by atoms with van der Waals surface area (Å²) < 4.78 is 18.1. The van der Waals surface area contributed by atoms with Gasteiger partial charge in [0.25, 0.3) is 0 Å². The number of halogens is 1. The highest BCUT2D eigenvalue weighted by molar-refractivity contribution is 5.72. The quantitative estimate of drug-likeness (QED) is 0.694. The van der Waals surface area contributed by atoms with Crippen LogP contribution in [0.25, 0.3) is 0 Å². The van der Waals surface area contributed by atoms with Crippen LogP contribution >= 0.6 is 0 Å². The Labute approximate surface area is 82.7 Å². The Morgan fingerprint density at radius 2 is 1.93 bits per heavy atom. The molecule has 0 aliphatic carbocycles. The second kappa shape index (κ2) is 4.74. The van der Waals surface area contributed by atoms with Crippen molar-refractivity contribution >= 4 is 5.97 Å². The molecular formula is C11H13FO2. The topological polar surface area (TPSA) is 26.3 Å². The number of ether oxygens (including phenoxy) is 1. The van der Waals surface area contributed by atoms with Crippen LogP contribution in [0.15, 0.2) is 30.3 Å². The fraction of sp³-hybridized carbons (Fsp3) is 0.364. The molecule has 1 aromatic rings. The van der Waals surface area contributed by atoms with Gasteiger partial charge in [-0.2, -0.15) is 0 Å². The van der Waals surface area contributed by atoms with E-state index in [1.54, 1.807) is 30.3 Å². The Hall–Kier alpha value is -1.38. The molecular weight excluding hydrogens is 183 g/mol. The van der Waals surface area contributed by atoms with Crippen LogP contribution in [0.2, 0.25) is 0 Å². The maximum absolute atomic E-state index is 13.7. The van der Waals surface area contributed by atoms with E-state index in [9.17, 15) is 9.18 Å². The van der Waals surface area contributed by atoms with Gasteiger partial charge < -0.3 is 4.74 Å². The molecule has 0 unspecified atom stereocenters. The van der Waals surface area contributed by atoms with Crippen molar-refractivity contribution in [2.75, 3.05) is 7.11 Å². The predicted octanol–water partition coefficient (Wildman–Crippen LogP) is 2.51. The van der Waals surface area contributed by atoms with Gasteiger partial charge in [0.1, 0.15) is 6.17 Å². The number of alkyl halides is 1. The molecule has 0 heterocycles. The molecule has 0 bridgehead atoms. The average Bonchev–Trinajstić information content (AvgIpc) is 2.27. The van der Waals surface area contributed by atoms with Gasteiger partial charge in [-0.1, -0.05) is 30.3 Å². The summed E-state index contributed by atoms with van der Waals surface area (Å²) in [5, 5.41) is 0. The van der Waals surface area contributed by atoms with E-state index in [4.69, 9.17) is 0 Å². The van der Waals surface area contributed by atoms with E-state index in [0.717, 1.165) is 0 Å². The third-order valence-corrected chi connectivity index (χ3v) is 2.13. The molecule has 1 aromatic carbocycles. The van der Waals surface area contributed by atoms with Crippen LogP contribution in [0, 0.1) is 5.92 Å². The van der Waals surface area contributed by atoms with Crippen LogP contribution in [0.1, 0.15) is 18.7 Å². The minimum absolute atomic E-state index is 0.505. The molecule has 0 saturated heterocycles. The second-order valence-electron chi connectivity index (χ2n) is 3.12. The highest BCUT2D eigenvalue weighted by Crippen LogP contribution is 2.26. The number of carbonyl (C=O) groups excluding carboxylic acids is 1. The number of carbonyl (C=O) groups is 1. The predicted molar refractivity (Wildman–Crippen MR) is 51.5 cm³/mol. The van der Waals surface area contributed by atoms with Gasteiger partial charge in [0.15, 0.2) is 0 Å². The van der Waals surface area contributed by atoms with E-state index < -0.39 is 18.1 Å². The molecule has 0 N–H and O–H groups in total. The number of hydrogen-bond acceptors (Lipinski definition) is 2. The summed E-state index contributed by atoms with van der Waals surface area (Å²) in [4.78, 5) is 11.1. The fourth-order valence-electron chi connectivity index (χ4n) is 1.23. The van der Waals surface area contributed by atoms with E-state index in [2.05, 4.69) is 4.74 Å². The first-order valence-corrected chi connectivity index (χ1v) is 4.43. The van der Waals surface area contributed by atoms with Crippen LogP contribution in [0.5, 0.6) is 0 Å². The van der Waals surface area contributed by atoms with Crippen molar-refractivity contribution in [1.29, 1.82) is 0 Å². The van der Waals surface area contributed by atoms with E-state index in [1.807, 2.05) is 0 Å². The molecule has 3 heteroatoms. The van der Waals surface area contributed by atoms with Crippen molar-refractivity contribution in [3.05, 3.63) is 35.9 Å². The molecule has 0 spiro atoms. The first-order chi connectivity index (χ1) is 6.66. The van der Waals surface area contributed by atoms with Crippen molar-refractivity contribution in [2.45, 2.75) is 13.1 Å². The van der Waals surface area contributed by atoms with Crippen molar-refractivity contribution in [3.8, 4) is 0 Å². The average molecular weight is 196 g/mol. The lowest BCUT2D eigenvalue weighted by atomic mass is 9.99. The first-order valence-electron chi connectivity index (χ1n) is 4.43. The SMILES string of the molecule is COC(=O)[C@@H](C)[C@H](F)c1ccccc1. The standard InChI is InChI=1S/C11H13FO2/c1-8(11(13)14-2)10(12)9-6-4-3-5-7-9/h3-8,10H,1-2H3/t8-,10-/m0/s1. The monoisotopic (exact) mass is 196 g/mol. The normalized spacial score (nSPS) is 14.5. The summed E-state index contributed by atoms with van der Waals surface area (Å²) in [6.45, 7) is 1.52. The molecule has 0 aliphatic rings. The minimum Gasteiger partial charge on any atom is -0.469 e. The summed E-state index contributed by atoms with van der Waals surface area (Å²) in [6, 6.07) is 8.60. The molecule has 2 nitrogen and oxygen atoms in total. The number of benzene rings is 1. The largest absolute Gasteiger partial charge is 0.469 e. The van der Waals surface area contributed by atoms with Gasteiger partial charge >= 0.3 is 5.97 Å². The number of methoxy groups -OCH3 is 1. The second-order valence-corrected chi connectivity index (χ2v) is 3.12. The Kier molecular flexibility index (Phi) is 3.63. The smallest absolute Gasteiger partial charge is 0.311 e. The Morgan fingerprint density at radius 3 is 2.43 bits per heavy atom. The summed E-state index contributed by atoms with van der Waals surface area (Å²) in [7, 11) is 1.26. The maximum atomic E-state index is 13.7. The van der Waals surface area contributed by atoms with Crippen molar-refractivity contribution in [1.82, 2.24) is 0 Å². The number of esters is 1. The molecule has 1 rings (SSSR count). The molecule has 0 aliphatic heterocycles. The minimum atomic E-state index is -1.30. The van der Waals surface area contributed by atoms with Gasteiger partial charge in [-0.15, -0.1) is 0 Å². The Morgan fingerprint density at radius 1 is 1.36 bits per heavy atom.